The number of imidazole rings is 1. The zero-order valence-electron chi connectivity index (χ0n) is 20.4. The monoisotopic (exact) mass is 483 g/mol. The molecule has 0 bridgehead atoms. The molecule has 0 unspecified atom stereocenters. The summed E-state index contributed by atoms with van der Waals surface area (Å²) in [7, 11) is 0. The van der Waals surface area contributed by atoms with Crippen molar-refractivity contribution in [2.45, 2.75) is 66.6 Å². The summed E-state index contributed by atoms with van der Waals surface area (Å²) < 4.78 is 18.7. The molecule has 3 heterocycles. The Morgan fingerprint density at radius 3 is 2.17 bits per heavy atom. The molecule has 0 aliphatic heterocycles. The number of nitrogens with zero attached hydrogens (tertiary/aromatic N) is 5. The summed E-state index contributed by atoms with van der Waals surface area (Å²) in [5.41, 5.74) is -0.639. The van der Waals surface area contributed by atoms with Crippen LogP contribution in [0.15, 0.2) is 38.6 Å². The van der Waals surface area contributed by atoms with E-state index in [1.807, 2.05) is 27.7 Å². The maximum Gasteiger partial charge on any atom is 0.332 e. The van der Waals surface area contributed by atoms with E-state index in [0.717, 1.165) is 4.57 Å². The van der Waals surface area contributed by atoms with E-state index in [9.17, 15) is 23.9 Å². The molecule has 0 saturated carbocycles. The van der Waals surface area contributed by atoms with Gasteiger partial charge in [-0.3, -0.25) is 23.3 Å². The van der Waals surface area contributed by atoms with Gasteiger partial charge in [0.05, 0.1) is 12.1 Å². The number of hydrogen-bond acceptors (Lipinski definition) is 5. The first-order valence-corrected chi connectivity index (χ1v) is 11.9. The lowest BCUT2D eigenvalue weighted by atomic mass is 10.0. The van der Waals surface area contributed by atoms with E-state index in [0.29, 0.717) is 24.9 Å². The van der Waals surface area contributed by atoms with Crippen molar-refractivity contribution < 1.29 is 9.50 Å². The topological polar surface area (TPSA) is 104 Å². The van der Waals surface area contributed by atoms with Crippen molar-refractivity contribution in [2.75, 3.05) is 0 Å². The van der Waals surface area contributed by atoms with Gasteiger partial charge in [0.1, 0.15) is 5.82 Å². The number of halogens is 1. The van der Waals surface area contributed by atoms with Crippen molar-refractivity contribution >= 4 is 16.9 Å². The minimum absolute atomic E-state index is 0.0179. The summed E-state index contributed by atoms with van der Waals surface area (Å²) in [6.07, 6.45) is 1.47. The Bertz CT molecular complexity index is 1580. The van der Waals surface area contributed by atoms with Crippen LogP contribution in [0.2, 0.25) is 0 Å². The van der Waals surface area contributed by atoms with Crippen molar-refractivity contribution in [2.24, 2.45) is 5.92 Å². The van der Waals surface area contributed by atoms with Gasteiger partial charge in [-0.15, -0.1) is 0 Å². The van der Waals surface area contributed by atoms with Crippen LogP contribution in [0.3, 0.4) is 0 Å². The summed E-state index contributed by atoms with van der Waals surface area (Å²) in [4.78, 5) is 44.8. The van der Waals surface area contributed by atoms with Gasteiger partial charge in [0.25, 0.3) is 11.1 Å². The van der Waals surface area contributed by atoms with E-state index in [-0.39, 0.29) is 53.8 Å². The summed E-state index contributed by atoms with van der Waals surface area (Å²) in [5, 5.41) is 11.2. The Kier molecular flexibility index (Phi) is 6.64. The predicted octanol–water partition coefficient (Wildman–Crippen LogP) is 2.88. The molecule has 186 valence electrons. The molecular formula is C25H30FN5O4. The van der Waals surface area contributed by atoms with Crippen LogP contribution in [0.1, 0.15) is 51.7 Å². The van der Waals surface area contributed by atoms with Gasteiger partial charge in [-0.1, -0.05) is 39.8 Å². The van der Waals surface area contributed by atoms with Crippen LogP contribution < -0.4 is 16.8 Å². The van der Waals surface area contributed by atoms with E-state index in [1.165, 1.54) is 25.7 Å². The molecule has 1 N–H and O–H groups in total. The summed E-state index contributed by atoms with van der Waals surface area (Å²) in [5.74, 6) is -0.547. The molecule has 1 aromatic carbocycles. The largest absolute Gasteiger partial charge is 0.494 e. The molecule has 10 heteroatoms. The molecule has 0 aliphatic carbocycles. The average molecular weight is 484 g/mol. The van der Waals surface area contributed by atoms with Gasteiger partial charge in [-0.2, -0.15) is 4.98 Å². The number of aromatic hydroxyl groups is 1. The van der Waals surface area contributed by atoms with E-state index in [2.05, 4.69) is 4.98 Å². The van der Waals surface area contributed by atoms with Crippen LogP contribution in [-0.4, -0.2) is 28.2 Å². The highest BCUT2D eigenvalue weighted by molar-refractivity contribution is 5.75. The zero-order valence-corrected chi connectivity index (χ0v) is 20.4. The van der Waals surface area contributed by atoms with Crippen LogP contribution in [0.4, 0.5) is 4.39 Å². The van der Waals surface area contributed by atoms with Crippen LogP contribution >= 0.6 is 0 Å². The molecule has 35 heavy (non-hydrogen) atoms. The fourth-order valence-corrected chi connectivity index (χ4v) is 4.44. The minimum Gasteiger partial charge on any atom is -0.494 e. The number of rotatable bonds is 8. The molecule has 0 aliphatic rings. The predicted molar refractivity (Wildman–Crippen MR) is 132 cm³/mol. The first-order chi connectivity index (χ1) is 16.7. The molecule has 4 rings (SSSR count). The maximum atomic E-state index is 13.6. The Hall–Kier alpha value is -3.69. The third-order valence-electron chi connectivity index (χ3n) is 6.00. The van der Waals surface area contributed by atoms with E-state index < -0.39 is 22.6 Å². The molecule has 0 amide bonds. The van der Waals surface area contributed by atoms with Gasteiger partial charge in [0.2, 0.25) is 11.7 Å². The lowest BCUT2D eigenvalue weighted by Crippen LogP contribution is -2.41. The molecule has 9 nitrogen and oxygen atoms in total. The van der Waals surface area contributed by atoms with Crippen LogP contribution in [-0.2, 0) is 26.1 Å². The van der Waals surface area contributed by atoms with Crippen molar-refractivity contribution in [1.29, 1.82) is 0 Å². The third kappa shape index (κ3) is 4.17. The highest BCUT2D eigenvalue weighted by Gasteiger charge is 2.25. The van der Waals surface area contributed by atoms with E-state index in [4.69, 9.17) is 0 Å². The summed E-state index contributed by atoms with van der Waals surface area (Å²) in [6.45, 7) is 8.24. The Morgan fingerprint density at radius 2 is 1.57 bits per heavy atom. The standard InChI is InChI=1S/C25H30FN5O4/c1-5-11-28-20-19(23(34)29(12-6-2)25(28)35)31-22(33)18(13-15(3)4)21(32)30(24(31)27-20)14-16-7-9-17(26)10-8-16/h7-10,15,32H,5-6,11-14H2,1-4H3. The number of fused-ring (bicyclic) bond motifs is 3. The van der Waals surface area contributed by atoms with Gasteiger partial charge in [0.15, 0.2) is 11.2 Å². The normalized spacial score (nSPS) is 11.8. The fourth-order valence-electron chi connectivity index (χ4n) is 4.44. The molecule has 3 aromatic heterocycles. The summed E-state index contributed by atoms with van der Waals surface area (Å²) in [6, 6.07) is 5.78. The van der Waals surface area contributed by atoms with E-state index in [1.54, 1.807) is 12.1 Å². The Labute approximate surface area is 200 Å². The fraction of sp³-hybridized carbons (Fsp3) is 0.440. The van der Waals surface area contributed by atoms with Crippen LogP contribution in [0, 0.1) is 11.7 Å². The molecule has 0 spiro atoms. The second-order valence-corrected chi connectivity index (χ2v) is 9.23. The first kappa shape index (κ1) is 24.4. The molecular weight excluding hydrogens is 453 g/mol. The molecule has 0 atom stereocenters. The first-order valence-electron chi connectivity index (χ1n) is 11.9. The third-order valence-corrected chi connectivity index (χ3v) is 6.00. The van der Waals surface area contributed by atoms with Crippen molar-refractivity contribution in [3.63, 3.8) is 0 Å². The number of hydrogen-bond donors (Lipinski definition) is 1. The van der Waals surface area contributed by atoms with Crippen molar-refractivity contribution in [3.05, 3.63) is 72.4 Å². The molecule has 0 saturated heterocycles. The maximum absolute atomic E-state index is 13.6. The van der Waals surface area contributed by atoms with Crippen LogP contribution in [0.5, 0.6) is 5.88 Å². The lowest BCUT2D eigenvalue weighted by Gasteiger charge is -2.16. The average Bonchev–Trinajstić information content (AvgIpc) is 3.21. The van der Waals surface area contributed by atoms with Gasteiger partial charge in [0, 0.05) is 13.1 Å². The smallest absolute Gasteiger partial charge is 0.332 e. The minimum atomic E-state index is -0.585. The van der Waals surface area contributed by atoms with E-state index >= 15 is 0 Å². The highest BCUT2D eigenvalue weighted by atomic mass is 19.1. The molecule has 4 aromatic rings. The Balaban J connectivity index is 2.18. The van der Waals surface area contributed by atoms with Gasteiger partial charge in [-0.25, -0.2) is 13.6 Å². The number of benzene rings is 1. The van der Waals surface area contributed by atoms with Crippen molar-refractivity contribution in [3.8, 4) is 5.88 Å². The van der Waals surface area contributed by atoms with Crippen LogP contribution in [0.25, 0.3) is 16.9 Å². The Morgan fingerprint density at radius 1 is 0.943 bits per heavy atom. The highest BCUT2D eigenvalue weighted by Crippen LogP contribution is 2.23. The summed E-state index contributed by atoms with van der Waals surface area (Å²) >= 11 is 0. The van der Waals surface area contributed by atoms with Gasteiger partial charge in [-0.05, 0) is 42.9 Å². The molecule has 0 fully saturated rings. The molecule has 0 radical (unpaired) electrons. The van der Waals surface area contributed by atoms with Crippen molar-refractivity contribution in [1.82, 2.24) is 23.1 Å². The van der Waals surface area contributed by atoms with Gasteiger partial charge < -0.3 is 5.11 Å². The zero-order chi connectivity index (χ0) is 25.4. The quantitative estimate of drug-likeness (QED) is 0.415. The number of aryl methyl sites for hydroxylation is 1. The second-order valence-electron chi connectivity index (χ2n) is 9.23. The number of aromatic nitrogens is 5. The van der Waals surface area contributed by atoms with Gasteiger partial charge >= 0.3 is 5.69 Å². The lowest BCUT2D eigenvalue weighted by molar-refractivity contribution is 0.407. The SMILES string of the molecule is CCCn1c(=O)c2c(nc3n(Cc4ccc(F)cc4)c(O)c(CC(C)C)c(=O)n23)n(CCC)c1=O. The second kappa shape index (κ2) is 9.52.